The second-order valence-electron chi connectivity index (χ2n) is 4.10. The number of rotatable bonds is 2. The first-order valence-electron chi connectivity index (χ1n) is 4.86. The molecule has 2 aliphatic rings. The Kier molecular flexibility index (Phi) is 2.14. The molecule has 2 fully saturated rings. The Morgan fingerprint density at radius 2 is 2.09 bits per heavy atom. The molecule has 1 aliphatic carbocycles. The van der Waals surface area contributed by atoms with Gasteiger partial charge in [0.1, 0.15) is 0 Å². The molecule has 1 atom stereocenters. The summed E-state index contributed by atoms with van der Waals surface area (Å²) in [6, 6.07) is 0.834. The fraction of sp³-hybridized carbons (Fsp3) is 1.00. The molecule has 1 saturated carbocycles. The molecular weight excluding hydrogens is 136 g/mol. The van der Waals surface area contributed by atoms with Crippen LogP contribution in [0.15, 0.2) is 0 Å². The third-order valence-electron chi connectivity index (χ3n) is 2.60. The van der Waals surface area contributed by atoms with Crippen molar-refractivity contribution in [2.75, 3.05) is 13.1 Å². The highest BCUT2D eigenvalue weighted by molar-refractivity contribution is 4.81. The van der Waals surface area contributed by atoms with Crippen LogP contribution >= 0.6 is 0 Å². The molecule has 1 aliphatic heterocycles. The molecule has 0 radical (unpaired) electrons. The van der Waals surface area contributed by atoms with E-state index in [-0.39, 0.29) is 0 Å². The van der Waals surface area contributed by atoms with E-state index in [4.69, 9.17) is 0 Å². The lowest BCUT2D eigenvalue weighted by atomic mass is 10.0. The van der Waals surface area contributed by atoms with Gasteiger partial charge < -0.3 is 0 Å². The van der Waals surface area contributed by atoms with Gasteiger partial charge in [-0.05, 0) is 31.6 Å². The first-order chi connectivity index (χ1) is 5.34. The molecule has 1 N–H and O–H groups in total. The number of hydrazine groups is 1. The zero-order valence-corrected chi connectivity index (χ0v) is 7.34. The van der Waals surface area contributed by atoms with Crippen LogP contribution in [0.5, 0.6) is 0 Å². The van der Waals surface area contributed by atoms with Gasteiger partial charge in [0.25, 0.3) is 0 Å². The average molecular weight is 154 g/mol. The first kappa shape index (κ1) is 7.56. The van der Waals surface area contributed by atoms with E-state index in [0.29, 0.717) is 0 Å². The second kappa shape index (κ2) is 3.11. The molecule has 2 rings (SSSR count). The van der Waals surface area contributed by atoms with Crippen molar-refractivity contribution in [1.29, 1.82) is 0 Å². The molecule has 1 heterocycles. The van der Waals surface area contributed by atoms with Crippen LogP contribution in [0.1, 0.15) is 32.6 Å². The highest BCUT2D eigenvalue weighted by Gasteiger charge is 2.25. The number of hydrogen-bond acceptors (Lipinski definition) is 2. The topological polar surface area (TPSA) is 15.3 Å². The van der Waals surface area contributed by atoms with Gasteiger partial charge in [0, 0.05) is 19.1 Å². The summed E-state index contributed by atoms with van der Waals surface area (Å²) in [6.07, 6.45) is 5.58. The van der Waals surface area contributed by atoms with Crippen molar-refractivity contribution in [2.24, 2.45) is 5.92 Å². The van der Waals surface area contributed by atoms with Gasteiger partial charge in [-0.3, -0.25) is 5.43 Å². The van der Waals surface area contributed by atoms with E-state index in [2.05, 4.69) is 17.4 Å². The first-order valence-corrected chi connectivity index (χ1v) is 4.86. The maximum absolute atomic E-state index is 3.56. The van der Waals surface area contributed by atoms with Crippen LogP contribution in [-0.2, 0) is 0 Å². The molecular formula is C9H18N2. The van der Waals surface area contributed by atoms with E-state index in [9.17, 15) is 0 Å². The van der Waals surface area contributed by atoms with Gasteiger partial charge in [-0.15, -0.1) is 0 Å². The highest BCUT2D eigenvalue weighted by atomic mass is 15.5. The predicted octanol–water partition coefficient (Wildman–Crippen LogP) is 1.39. The van der Waals surface area contributed by atoms with E-state index in [0.717, 1.165) is 12.0 Å². The van der Waals surface area contributed by atoms with Gasteiger partial charge in [-0.2, -0.15) is 0 Å². The molecule has 0 bridgehead atoms. The molecule has 0 aromatic heterocycles. The lowest BCUT2D eigenvalue weighted by molar-refractivity contribution is 0.118. The van der Waals surface area contributed by atoms with Crippen LogP contribution in [0.3, 0.4) is 0 Å². The van der Waals surface area contributed by atoms with Crippen molar-refractivity contribution in [2.45, 2.75) is 38.6 Å². The van der Waals surface area contributed by atoms with Gasteiger partial charge in [-0.1, -0.05) is 6.92 Å². The monoisotopic (exact) mass is 154 g/mol. The molecule has 1 unspecified atom stereocenters. The molecule has 2 nitrogen and oxygen atoms in total. The molecule has 64 valence electrons. The molecule has 2 heteroatoms. The molecule has 0 aromatic rings. The molecule has 1 saturated heterocycles. The maximum Gasteiger partial charge on any atom is 0.0216 e. The summed E-state index contributed by atoms with van der Waals surface area (Å²) in [5.74, 6) is 0.898. The third-order valence-corrected chi connectivity index (χ3v) is 2.60. The largest absolute Gasteiger partial charge is 0.252 e. The number of piperidine rings is 1. The minimum absolute atomic E-state index is 0.834. The van der Waals surface area contributed by atoms with Crippen molar-refractivity contribution in [3.63, 3.8) is 0 Å². The van der Waals surface area contributed by atoms with Crippen molar-refractivity contribution in [3.8, 4) is 0 Å². The Bertz CT molecular complexity index is 130. The fourth-order valence-electron chi connectivity index (χ4n) is 1.78. The Morgan fingerprint density at radius 3 is 2.73 bits per heavy atom. The normalized spacial score (nSPS) is 34.1. The minimum atomic E-state index is 0.834. The van der Waals surface area contributed by atoms with Crippen LogP contribution in [0.25, 0.3) is 0 Å². The zero-order valence-electron chi connectivity index (χ0n) is 7.34. The van der Waals surface area contributed by atoms with Gasteiger partial charge in [0.05, 0.1) is 0 Å². The molecule has 11 heavy (non-hydrogen) atoms. The lowest BCUT2D eigenvalue weighted by Crippen LogP contribution is -2.45. The van der Waals surface area contributed by atoms with Crippen molar-refractivity contribution >= 4 is 0 Å². The summed E-state index contributed by atoms with van der Waals surface area (Å²) in [6.45, 7) is 4.87. The summed E-state index contributed by atoms with van der Waals surface area (Å²) < 4.78 is 0. The van der Waals surface area contributed by atoms with Gasteiger partial charge in [0.15, 0.2) is 0 Å². The van der Waals surface area contributed by atoms with E-state index < -0.39 is 0 Å². The summed E-state index contributed by atoms with van der Waals surface area (Å²) >= 11 is 0. The standard InChI is InChI=1S/C9H18N2/c1-8-3-2-6-11(7-8)10-9-4-5-9/h8-10H,2-7H2,1H3. The van der Waals surface area contributed by atoms with Crippen LogP contribution in [0.2, 0.25) is 0 Å². The minimum Gasteiger partial charge on any atom is -0.252 e. The number of nitrogens with one attached hydrogen (secondary N) is 1. The fourth-order valence-corrected chi connectivity index (χ4v) is 1.78. The van der Waals surface area contributed by atoms with Crippen LogP contribution in [0, 0.1) is 5.92 Å². The number of nitrogens with zero attached hydrogens (tertiary/aromatic N) is 1. The third kappa shape index (κ3) is 2.17. The summed E-state index contributed by atoms with van der Waals surface area (Å²) in [4.78, 5) is 0. The Hall–Kier alpha value is -0.0800. The zero-order chi connectivity index (χ0) is 7.68. The summed E-state index contributed by atoms with van der Waals surface area (Å²) in [7, 11) is 0. The van der Waals surface area contributed by atoms with Gasteiger partial charge in [-0.25, -0.2) is 5.01 Å². The van der Waals surface area contributed by atoms with Crippen LogP contribution in [0.4, 0.5) is 0 Å². The highest BCUT2D eigenvalue weighted by Crippen LogP contribution is 2.21. The van der Waals surface area contributed by atoms with Crippen LogP contribution in [-0.4, -0.2) is 24.1 Å². The Labute approximate surface area is 68.9 Å². The second-order valence-corrected chi connectivity index (χ2v) is 4.10. The average Bonchev–Trinajstić information content (AvgIpc) is 2.71. The maximum atomic E-state index is 3.56. The smallest absolute Gasteiger partial charge is 0.0216 e. The SMILES string of the molecule is CC1CCCN(NC2CC2)C1. The van der Waals surface area contributed by atoms with E-state index in [1.165, 1.54) is 38.8 Å². The van der Waals surface area contributed by atoms with E-state index in [1.807, 2.05) is 0 Å². The summed E-state index contributed by atoms with van der Waals surface area (Å²) in [5.41, 5.74) is 3.56. The van der Waals surface area contributed by atoms with Crippen LogP contribution < -0.4 is 5.43 Å². The lowest BCUT2D eigenvalue weighted by Gasteiger charge is -2.31. The van der Waals surface area contributed by atoms with E-state index >= 15 is 0 Å². The van der Waals surface area contributed by atoms with Crippen molar-refractivity contribution in [3.05, 3.63) is 0 Å². The van der Waals surface area contributed by atoms with Crippen molar-refractivity contribution < 1.29 is 0 Å². The number of hydrogen-bond donors (Lipinski definition) is 1. The molecule has 0 aromatic carbocycles. The van der Waals surface area contributed by atoms with Crippen molar-refractivity contribution in [1.82, 2.24) is 10.4 Å². The molecule has 0 spiro atoms. The Morgan fingerprint density at radius 1 is 1.27 bits per heavy atom. The summed E-state index contributed by atoms with van der Waals surface area (Å²) in [5, 5.41) is 2.42. The molecule has 0 amide bonds. The quantitative estimate of drug-likeness (QED) is 0.646. The predicted molar refractivity (Wildman–Crippen MR) is 46.1 cm³/mol. The van der Waals surface area contributed by atoms with Gasteiger partial charge >= 0.3 is 0 Å². The Balaban J connectivity index is 1.73. The van der Waals surface area contributed by atoms with Gasteiger partial charge in [0.2, 0.25) is 0 Å². The van der Waals surface area contributed by atoms with E-state index in [1.54, 1.807) is 0 Å².